The molecule has 2 aromatic carbocycles. The van der Waals surface area contributed by atoms with E-state index in [9.17, 15) is 13.5 Å². The molecule has 0 bridgehead atoms. The summed E-state index contributed by atoms with van der Waals surface area (Å²) in [6.45, 7) is 2.53. The predicted molar refractivity (Wildman–Crippen MR) is 109 cm³/mol. The molecule has 0 fully saturated rings. The summed E-state index contributed by atoms with van der Waals surface area (Å²) < 4.78 is 32.6. The number of benzene rings is 2. The number of nitrogens with zero attached hydrogens (tertiary/aromatic N) is 1. The van der Waals surface area contributed by atoms with Crippen LogP contribution in [0.15, 0.2) is 60.7 Å². The first-order valence-corrected chi connectivity index (χ1v) is 11.1. The Balaban J connectivity index is 1.81. The Morgan fingerprint density at radius 3 is 2.21 bits per heavy atom. The van der Waals surface area contributed by atoms with E-state index in [4.69, 9.17) is 8.92 Å². The van der Waals surface area contributed by atoms with Crippen molar-refractivity contribution in [2.45, 2.75) is 25.7 Å². The lowest BCUT2D eigenvalue weighted by atomic mass is 10.2. The summed E-state index contributed by atoms with van der Waals surface area (Å²) in [6, 6.07) is 19.8. The van der Waals surface area contributed by atoms with E-state index in [1.54, 1.807) is 0 Å². The lowest BCUT2D eigenvalue weighted by Crippen LogP contribution is -2.35. The number of hydrogen-bond acceptors (Lipinski definition) is 6. The van der Waals surface area contributed by atoms with Gasteiger partial charge in [0, 0.05) is 19.6 Å². The maximum Gasteiger partial charge on any atom is 0.264 e. The molecule has 1 atom stereocenters. The maximum atomic E-state index is 11.1. The van der Waals surface area contributed by atoms with Gasteiger partial charge in [0.2, 0.25) is 0 Å². The van der Waals surface area contributed by atoms with E-state index in [-0.39, 0.29) is 13.2 Å². The summed E-state index contributed by atoms with van der Waals surface area (Å²) >= 11 is 0. The van der Waals surface area contributed by atoms with Gasteiger partial charge in [0.05, 0.1) is 32.2 Å². The van der Waals surface area contributed by atoms with Gasteiger partial charge in [-0.1, -0.05) is 60.7 Å². The molecule has 0 amide bonds. The van der Waals surface area contributed by atoms with Crippen molar-refractivity contribution in [3.05, 3.63) is 71.8 Å². The van der Waals surface area contributed by atoms with Crippen LogP contribution in [0.3, 0.4) is 0 Å². The van der Waals surface area contributed by atoms with Crippen LogP contribution in [0.25, 0.3) is 0 Å². The van der Waals surface area contributed by atoms with Gasteiger partial charge in [-0.05, 0) is 17.5 Å². The molecule has 2 aromatic rings. The van der Waals surface area contributed by atoms with Crippen LogP contribution in [-0.4, -0.2) is 57.1 Å². The molecular weight excluding hydrogens is 378 g/mol. The SMILES string of the molecule is CS(=O)(=O)OCCCN(Cc1ccccc1)C[C@H](O)COCc1ccccc1. The van der Waals surface area contributed by atoms with E-state index < -0.39 is 16.2 Å². The van der Waals surface area contributed by atoms with E-state index in [1.165, 1.54) is 0 Å². The van der Waals surface area contributed by atoms with Crippen molar-refractivity contribution in [1.29, 1.82) is 0 Å². The first kappa shape index (κ1) is 22.5. The summed E-state index contributed by atoms with van der Waals surface area (Å²) in [5, 5.41) is 10.4. The summed E-state index contributed by atoms with van der Waals surface area (Å²) in [5.74, 6) is 0. The monoisotopic (exact) mass is 407 g/mol. The van der Waals surface area contributed by atoms with Gasteiger partial charge in [-0.25, -0.2) is 0 Å². The van der Waals surface area contributed by atoms with Gasteiger partial charge < -0.3 is 9.84 Å². The Kier molecular flexibility index (Phi) is 9.60. The van der Waals surface area contributed by atoms with Crippen molar-refractivity contribution in [3.8, 4) is 0 Å². The third-order valence-electron chi connectivity index (χ3n) is 4.06. The first-order valence-electron chi connectivity index (χ1n) is 9.33. The number of hydrogen-bond donors (Lipinski definition) is 1. The standard InChI is InChI=1S/C21H29NO5S/c1-28(24,25)27-14-8-13-22(15-19-9-4-2-5-10-19)16-21(23)18-26-17-20-11-6-3-7-12-20/h2-7,9-12,21,23H,8,13-18H2,1H3/t21-/m0/s1. The molecule has 0 unspecified atom stereocenters. The zero-order valence-electron chi connectivity index (χ0n) is 16.2. The van der Waals surface area contributed by atoms with Crippen molar-refractivity contribution in [2.24, 2.45) is 0 Å². The highest BCUT2D eigenvalue weighted by molar-refractivity contribution is 7.85. The number of aliphatic hydroxyl groups excluding tert-OH is 1. The number of rotatable bonds is 13. The Hall–Kier alpha value is -1.77. The minimum atomic E-state index is -3.43. The fraction of sp³-hybridized carbons (Fsp3) is 0.429. The van der Waals surface area contributed by atoms with E-state index in [2.05, 4.69) is 4.90 Å². The predicted octanol–water partition coefficient (Wildman–Crippen LogP) is 2.43. The Labute approximate surface area is 167 Å². The van der Waals surface area contributed by atoms with Crippen LogP contribution in [0.5, 0.6) is 0 Å². The van der Waals surface area contributed by atoms with Crippen LogP contribution >= 0.6 is 0 Å². The third kappa shape index (κ3) is 9.96. The van der Waals surface area contributed by atoms with Gasteiger partial charge in [-0.3, -0.25) is 9.08 Å². The molecule has 28 heavy (non-hydrogen) atoms. The normalized spacial score (nSPS) is 13.0. The van der Waals surface area contributed by atoms with Crippen LogP contribution < -0.4 is 0 Å². The lowest BCUT2D eigenvalue weighted by Gasteiger charge is -2.25. The third-order valence-corrected chi connectivity index (χ3v) is 4.65. The summed E-state index contributed by atoms with van der Waals surface area (Å²) in [7, 11) is -3.43. The number of aliphatic hydroxyl groups is 1. The highest BCUT2D eigenvalue weighted by atomic mass is 32.2. The van der Waals surface area contributed by atoms with Crippen molar-refractivity contribution in [2.75, 3.05) is 32.6 Å². The lowest BCUT2D eigenvalue weighted by molar-refractivity contribution is 0.00790. The van der Waals surface area contributed by atoms with Gasteiger partial charge in [0.1, 0.15) is 0 Å². The molecule has 154 valence electrons. The van der Waals surface area contributed by atoms with E-state index >= 15 is 0 Å². The van der Waals surface area contributed by atoms with E-state index in [0.717, 1.165) is 17.4 Å². The van der Waals surface area contributed by atoms with Crippen molar-refractivity contribution in [1.82, 2.24) is 4.90 Å². The van der Waals surface area contributed by atoms with Crippen molar-refractivity contribution in [3.63, 3.8) is 0 Å². The second kappa shape index (κ2) is 11.9. The second-order valence-electron chi connectivity index (χ2n) is 6.75. The fourth-order valence-corrected chi connectivity index (χ4v) is 3.23. The summed E-state index contributed by atoms with van der Waals surface area (Å²) in [6.07, 6.45) is 0.961. The average molecular weight is 408 g/mol. The molecule has 0 saturated carbocycles. The topological polar surface area (TPSA) is 76.1 Å². The molecule has 0 saturated heterocycles. The van der Waals surface area contributed by atoms with Crippen molar-refractivity contribution < 1.29 is 22.4 Å². The number of ether oxygens (including phenoxy) is 1. The molecule has 1 N–H and O–H groups in total. The quantitative estimate of drug-likeness (QED) is 0.406. The molecule has 2 rings (SSSR count). The molecular formula is C21H29NO5S. The smallest absolute Gasteiger partial charge is 0.264 e. The summed E-state index contributed by atoms with van der Waals surface area (Å²) in [4.78, 5) is 2.08. The van der Waals surface area contributed by atoms with E-state index in [1.807, 2.05) is 60.7 Å². The molecule has 0 aliphatic heterocycles. The van der Waals surface area contributed by atoms with Crippen LogP contribution in [0.2, 0.25) is 0 Å². The Morgan fingerprint density at radius 2 is 1.61 bits per heavy atom. The van der Waals surface area contributed by atoms with Gasteiger partial charge >= 0.3 is 0 Å². The van der Waals surface area contributed by atoms with Crippen LogP contribution in [0, 0.1) is 0 Å². The first-order chi connectivity index (χ1) is 13.4. The highest BCUT2D eigenvalue weighted by Crippen LogP contribution is 2.08. The molecule has 0 aliphatic rings. The Morgan fingerprint density at radius 1 is 1.00 bits per heavy atom. The fourth-order valence-electron chi connectivity index (χ4n) is 2.81. The molecule has 7 heteroatoms. The van der Waals surface area contributed by atoms with Gasteiger partial charge in [0.25, 0.3) is 10.1 Å². The largest absolute Gasteiger partial charge is 0.389 e. The van der Waals surface area contributed by atoms with Crippen LogP contribution in [0.1, 0.15) is 17.5 Å². The maximum absolute atomic E-state index is 11.1. The minimum Gasteiger partial charge on any atom is -0.389 e. The van der Waals surface area contributed by atoms with Gasteiger partial charge in [0.15, 0.2) is 0 Å². The average Bonchev–Trinajstić information content (AvgIpc) is 2.66. The highest BCUT2D eigenvalue weighted by Gasteiger charge is 2.13. The molecule has 0 radical (unpaired) electrons. The Bertz CT molecular complexity index is 768. The van der Waals surface area contributed by atoms with Gasteiger partial charge in [-0.15, -0.1) is 0 Å². The van der Waals surface area contributed by atoms with Crippen molar-refractivity contribution >= 4 is 10.1 Å². The summed E-state index contributed by atoms with van der Waals surface area (Å²) in [5.41, 5.74) is 2.19. The van der Waals surface area contributed by atoms with Crippen LogP contribution in [-0.2, 0) is 32.2 Å². The molecule has 6 nitrogen and oxygen atoms in total. The second-order valence-corrected chi connectivity index (χ2v) is 8.40. The zero-order valence-corrected chi connectivity index (χ0v) is 17.1. The van der Waals surface area contributed by atoms with Gasteiger partial charge in [-0.2, -0.15) is 8.42 Å². The molecule has 0 spiro atoms. The minimum absolute atomic E-state index is 0.130. The molecule has 0 aliphatic carbocycles. The van der Waals surface area contributed by atoms with E-state index in [0.29, 0.717) is 32.7 Å². The van der Waals surface area contributed by atoms with Crippen LogP contribution in [0.4, 0.5) is 0 Å². The molecule has 0 aromatic heterocycles. The molecule has 0 heterocycles. The zero-order chi connectivity index (χ0) is 20.2.